The van der Waals surface area contributed by atoms with E-state index in [9.17, 15) is 13.2 Å². The van der Waals surface area contributed by atoms with Crippen molar-refractivity contribution >= 4 is 21.6 Å². The molecule has 1 atom stereocenters. The predicted molar refractivity (Wildman–Crippen MR) is 106 cm³/mol. The van der Waals surface area contributed by atoms with E-state index in [0.29, 0.717) is 18.0 Å². The summed E-state index contributed by atoms with van der Waals surface area (Å²) in [6.45, 7) is 1.13. The molecule has 150 valence electrons. The number of hydrogen-bond donors (Lipinski definition) is 1. The summed E-state index contributed by atoms with van der Waals surface area (Å²) in [6, 6.07) is 14.8. The zero-order valence-electron chi connectivity index (χ0n) is 15.7. The van der Waals surface area contributed by atoms with Gasteiger partial charge in [-0.05, 0) is 49.2 Å². The van der Waals surface area contributed by atoms with Gasteiger partial charge >= 0.3 is 0 Å². The van der Waals surface area contributed by atoms with E-state index >= 15 is 0 Å². The second-order valence-corrected chi connectivity index (χ2v) is 8.48. The average Bonchev–Trinajstić information content (AvgIpc) is 3.25. The molecule has 1 N–H and O–H groups in total. The molecular formula is C20H24N2O5S. The highest BCUT2D eigenvalue weighted by molar-refractivity contribution is 7.92. The van der Waals surface area contributed by atoms with Crippen LogP contribution in [0.15, 0.2) is 59.5 Å². The van der Waals surface area contributed by atoms with Crippen molar-refractivity contribution in [1.29, 1.82) is 0 Å². The van der Waals surface area contributed by atoms with Gasteiger partial charge in [-0.25, -0.2) is 8.42 Å². The number of nitrogens with one attached hydrogen (secondary N) is 1. The van der Waals surface area contributed by atoms with Crippen molar-refractivity contribution in [3.63, 3.8) is 0 Å². The fourth-order valence-electron chi connectivity index (χ4n) is 2.87. The summed E-state index contributed by atoms with van der Waals surface area (Å²) in [7, 11) is -2.13. The molecule has 0 saturated carbocycles. The molecule has 0 aliphatic carbocycles. The van der Waals surface area contributed by atoms with Crippen molar-refractivity contribution in [2.45, 2.75) is 23.8 Å². The van der Waals surface area contributed by atoms with Crippen molar-refractivity contribution in [1.82, 2.24) is 5.32 Å². The normalized spacial score (nSPS) is 16.5. The van der Waals surface area contributed by atoms with E-state index in [2.05, 4.69) is 5.32 Å². The van der Waals surface area contributed by atoms with Crippen LogP contribution in [-0.2, 0) is 19.6 Å². The Morgan fingerprint density at radius 2 is 1.89 bits per heavy atom. The van der Waals surface area contributed by atoms with Crippen LogP contribution in [0.1, 0.15) is 12.8 Å². The third kappa shape index (κ3) is 5.02. The van der Waals surface area contributed by atoms with Crippen molar-refractivity contribution in [3.05, 3.63) is 54.6 Å². The molecule has 1 saturated heterocycles. The number of anilines is 1. The maximum atomic E-state index is 12.6. The molecule has 2 aromatic rings. The van der Waals surface area contributed by atoms with Gasteiger partial charge in [0.1, 0.15) is 5.75 Å². The molecule has 1 unspecified atom stereocenters. The summed E-state index contributed by atoms with van der Waals surface area (Å²) < 4.78 is 37.4. The van der Waals surface area contributed by atoms with E-state index in [-0.39, 0.29) is 23.5 Å². The number of rotatable bonds is 8. The minimum atomic E-state index is -3.63. The van der Waals surface area contributed by atoms with Gasteiger partial charge < -0.3 is 14.8 Å². The molecule has 0 spiro atoms. The lowest BCUT2D eigenvalue weighted by Crippen LogP contribution is -2.35. The van der Waals surface area contributed by atoms with Gasteiger partial charge in [-0.1, -0.05) is 18.2 Å². The molecule has 0 radical (unpaired) electrons. The van der Waals surface area contributed by atoms with E-state index in [1.54, 1.807) is 54.6 Å². The van der Waals surface area contributed by atoms with Crippen molar-refractivity contribution in [3.8, 4) is 5.75 Å². The van der Waals surface area contributed by atoms with Crippen LogP contribution in [0.4, 0.5) is 5.69 Å². The quantitative estimate of drug-likeness (QED) is 0.729. The molecule has 3 rings (SSSR count). The predicted octanol–water partition coefficient (Wildman–Crippen LogP) is 2.19. The summed E-state index contributed by atoms with van der Waals surface area (Å²) >= 11 is 0. The maximum absolute atomic E-state index is 12.6. The number of hydrogen-bond acceptors (Lipinski definition) is 5. The van der Waals surface area contributed by atoms with Crippen LogP contribution in [0.5, 0.6) is 5.75 Å². The third-order valence-electron chi connectivity index (χ3n) is 4.52. The standard InChI is InChI=1S/C20H24N2O5S/c1-22(28(24,25)19-7-3-2-4-8-19)16-9-11-17(12-10-16)27-15-20(23)21-14-18-6-5-13-26-18/h2-4,7-12,18H,5-6,13-15H2,1H3,(H,21,23). The van der Waals surface area contributed by atoms with Gasteiger partial charge in [0.15, 0.2) is 6.61 Å². The Morgan fingerprint density at radius 1 is 1.18 bits per heavy atom. The summed E-state index contributed by atoms with van der Waals surface area (Å²) in [4.78, 5) is 12.1. The number of carbonyl (C=O) groups is 1. The average molecular weight is 404 g/mol. The molecule has 1 heterocycles. The smallest absolute Gasteiger partial charge is 0.264 e. The van der Waals surface area contributed by atoms with Crippen molar-refractivity contribution in [2.24, 2.45) is 0 Å². The fourth-order valence-corrected chi connectivity index (χ4v) is 4.09. The van der Waals surface area contributed by atoms with Crippen molar-refractivity contribution in [2.75, 3.05) is 31.1 Å². The van der Waals surface area contributed by atoms with E-state index in [4.69, 9.17) is 9.47 Å². The summed E-state index contributed by atoms with van der Waals surface area (Å²) in [6.07, 6.45) is 2.07. The van der Waals surface area contributed by atoms with Gasteiger partial charge in [-0.15, -0.1) is 0 Å². The van der Waals surface area contributed by atoms with Crippen LogP contribution in [0.3, 0.4) is 0 Å². The summed E-state index contributed by atoms with van der Waals surface area (Å²) in [5, 5.41) is 2.79. The summed E-state index contributed by atoms with van der Waals surface area (Å²) in [5.74, 6) is 0.268. The molecule has 1 aliphatic heterocycles. The van der Waals surface area contributed by atoms with Crippen LogP contribution < -0.4 is 14.4 Å². The minimum Gasteiger partial charge on any atom is -0.484 e. The van der Waals surface area contributed by atoms with E-state index in [0.717, 1.165) is 19.4 Å². The number of carbonyl (C=O) groups excluding carboxylic acids is 1. The zero-order valence-corrected chi connectivity index (χ0v) is 16.5. The molecule has 7 nitrogen and oxygen atoms in total. The van der Waals surface area contributed by atoms with Crippen LogP contribution in [-0.4, -0.2) is 47.2 Å². The first-order valence-corrected chi connectivity index (χ1v) is 10.6. The number of amides is 1. The first-order valence-electron chi connectivity index (χ1n) is 9.12. The van der Waals surface area contributed by atoms with E-state index in [1.807, 2.05) is 0 Å². The minimum absolute atomic E-state index is 0.0883. The lowest BCUT2D eigenvalue weighted by atomic mass is 10.2. The highest BCUT2D eigenvalue weighted by Crippen LogP contribution is 2.24. The topological polar surface area (TPSA) is 84.9 Å². The van der Waals surface area contributed by atoms with Crippen molar-refractivity contribution < 1.29 is 22.7 Å². The van der Waals surface area contributed by atoms with Gasteiger partial charge in [0.25, 0.3) is 15.9 Å². The second-order valence-electron chi connectivity index (χ2n) is 6.51. The zero-order chi connectivity index (χ0) is 20.0. The molecule has 8 heteroatoms. The van der Waals surface area contributed by atoms with Gasteiger partial charge in [0, 0.05) is 20.2 Å². The monoisotopic (exact) mass is 404 g/mol. The summed E-state index contributed by atoms with van der Waals surface area (Å²) in [5.41, 5.74) is 0.499. The largest absolute Gasteiger partial charge is 0.484 e. The van der Waals surface area contributed by atoms with Crippen LogP contribution in [0, 0.1) is 0 Å². The molecule has 0 bridgehead atoms. The first-order chi connectivity index (χ1) is 13.5. The Bertz CT molecular complexity index is 879. The molecular weight excluding hydrogens is 380 g/mol. The van der Waals surface area contributed by atoms with E-state index in [1.165, 1.54) is 11.4 Å². The molecule has 0 aromatic heterocycles. The Kier molecular flexibility index (Phi) is 6.53. The van der Waals surface area contributed by atoms with Crippen LogP contribution in [0.2, 0.25) is 0 Å². The Morgan fingerprint density at radius 3 is 2.54 bits per heavy atom. The molecule has 1 fully saturated rings. The SMILES string of the molecule is CN(c1ccc(OCC(=O)NCC2CCCO2)cc1)S(=O)(=O)c1ccccc1. The Balaban J connectivity index is 1.53. The lowest BCUT2D eigenvalue weighted by Gasteiger charge is -2.19. The fraction of sp³-hybridized carbons (Fsp3) is 0.350. The molecule has 28 heavy (non-hydrogen) atoms. The van der Waals surface area contributed by atoms with E-state index < -0.39 is 10.0 Å². The Labute approximate surface area is 165 Å². The number of sulfonamides is 1. The number of benzene rings is 2. The lowest BCUT2D eigenvalue weighted by molar-refractivity contribution is -0.123. The first kappa shape index (κ1) is 20.2. The maximum Gasteiger partial charge on any atom is 0.264 e. The van der Waals surface area contributed by atoms with Crippen LogP contribution in [0.25, 0.3) is 0 Å². The second kappa shape index (κ2) is 9.07. The highest BCUT2D eigenvalue weighted by atomic mass is 32.2. The number of ether oxygens (including phenoxy) is 2. The van der Waals surface area contributed by atoms with Crippen LogP contribution >= 0.6 is 0 Å². The molecule has 1 amide bonds. The highest BCUT2D eigenvalue weighted by Gasteiger charge is 2.21. The van der Waals surface area contributed by atoms with Gasteiger partial charge in [-0.2, -0.15) is 0 Å². The molecule has 1 aliphatic rings. The number of nitrogens with zero attached hydrogens (tertiary/aromatic N) is 1. The third-order valence-corrected chi connectivity index (χ3v) is 6.32. The van der Waals surface area contributed by atoms with Gasteiger partial charge in [0.05, 0.1) is 16.7 Å². The Hall–Kier alpha value is -2.58. The van der Waals surface area contributed by atoms with Gasteiger partial charge in [-0.3, -0.25) is 9.10 Å². The molecule has 2 aromatic carbocycles. The van der Waals surface area contributed by atoms with Gasteiger partial charge in [0.2, 0.25) is 0 Å².